The van der Waals surface area contributed by atoms with Gasteiger partial charge in [0.05, 0.1) is 12.6 Å². The number of ether oxygens (including phenoxy) is 2. The van der Waals surface area contributed by atoms with E-state index in [2.05, 4.69) is 15.6 Å². The molecule has 0 saturated carbocycles. The summed E-state index contributed by atoms with van der Waals surface area (Å²) in [6.45, 7) is 5.65. The smallest absolute Gasteiger partial charge is 0.191 e. The summed E-state index contributed by atoms with van der Waals surface area (Å²) in [5.74, 6) is 1.29. The van der Waals surface area contributed by atoms with Crippen LogP contribution in [-0.4, -0.2) is 33.3 Å². The Morgan fingerprint density at radius 3 is 2.66 bits per heavy atom. The van der Waals surface area contributed by atoms with Crippen LogP contribution in [0.3, 0.4) is 0 Å². The van der Waals surface area contributed by atoms with Gasteiger partial charge >= 0.3 is 0 Å². The van der Waals surface area contributed by atoms with E-state index in [1.807, 2.05) is 37.3 Å². The topological polar surface area (TPSA) is 54.9 Å². The van der Waals surface area contributed by atoms with Crippen molar-refractivity contribution in [2.24, 2.45) is 4.99 Å². The van der Waals surface area contributed by atoms with E-state index in [1.54, 1.807) is 33.2 Å². The number of hydrogen-bond acceptors (Lipinski definition) is 3. The lowest BCUT2D eigenvalue weighted by Gasteiger charge is -2.19. The fraction of sp³-hybridized carbons (Fsp3) is 0.409. The molecule has 0 amide bonds. The van der Waals surface area contributed by atoms with Crippen molar-refractivity contribution < 1.29 is 13.9 Å². The van der Waals surface area contributed by atoms with Crippen molar-refractivity contribution in [1.82, 2.24) is 10.6 Å². The number of aryl methyl sites for hydroxylation is 1. The third-order valence-corrected chi connectivity index (χ3v) is 4.39. The monoisotopic (exact) mass is 515 g/mol. The first kappa shape index (κ1) is 25.2. The van der Waals surface area contributed by atoms with Crippen molar-refractivity contribution in [2.75, 3.05) is 27.4 Å². The Hall–Kier alpha value is -1.87. The van der Waals surface area contributed by atoms with Crippen LogP contribution in [0.5, 0.6) is 5.75 Å². The van der Waals surface area contributed by atoms with Gasteiger partial charge in [-0.3, -0.25) is 4.99 Å². The number of nitrogens with one attached hydrogen (secondary N) is 2. The normalized spacial score (nSPS) is 12.1. The van der Waals surface area contributed by atoms with Crippen LogP contribution in [0.2, 0.25) is 0 Å². The fourth-order valence-electron chi connectivity index (χ4n) is 2.69. The van der Waals surface area contributed by atoms with Crippen molar-refractivity contribution in [3.05, 3.63) is 65.0 Å². The lowest BCUT2D eigenvalue weighted by molar-refractivity contribution is 0.172. The summed E-state index contributed by atoms with van der Waals surface area (Å²) in [4.78, 5) is 4.26. The van der Waals surface area contributed by atoms with Crippen molar-refractivity contribution in [2.45, 2.75) is 32.9 Å². The molecule has 160 valence electrons. The van der Waals surface area contributed by atoms with Gasteiger partial charge in [-0.25, -0.2) is 4.39 Å². The molecule has 0 aliphatic heterocycles. The Morgan fingerprint density at radius 2 is 1.97 bits per heavy atom. The molecule has 2 aromatic carbocycles. The highest BCUT2D eigenvalue weighted by atomic mass is 127. The van der Waals surface area contributed by atoms with Crippen LogP contribution in [0, 0.1) is 12.7 Å². The summed E-state index contributed by atoms with van der Waals surface area (Å²) < 4.78 is 24.6. The van der Waals surface area contributed by atoms with Gasteiger partial charge in [0.2, 0.25) is 0 Å². The van der Waals surface area contributed by atoms with E-state index < -0.39 is 0 Å². The van der Waals surface area contributed by atoms with Gasteiger partial charge in [0.25, 0.3) is 0 Å². The number of rotatable bonds is 9. The molecule has 5 nitrogen and oxygen atoms in total. The molecule has 2 aromatic rings. The predicted octanol–water partition coefficient (Wildman–Crippen LogP) is 4.59. The highest BCUT2D eigenvalue weighted by molar-refractivity contribution is 14.0. The Balaban J connectivity index is 0.00000420. The largest absolute Gasteiger partial charge is 0.493 e. The zero-order valence-corrected chi connectivity index (χ0v) is 19.8. The molecular formula is C22H31FIN3O2. The minimum absolute atomic E-state index is 0. The van der Waals surface area contributed by atoms with E-state index in [0.29, 0.717) is 31.3 Å². The summed E-state index contributed by atoms with van der Waals surface area (Å²) in [7, 11) is 3.40. The lowest BCUT2D eigenvalue weighted by atomic mass is 10.1. The average Bonchev–Trinajstić information content (AvgIpc) is 2.70. The molecule has 1 atom stereocenters. The van der Waals surface area contributed by atoms with Crippen LogP contribution in [0.15, 0.2) is 47.5 Å². The molecule has 0 heterocycles. The second kappa shape index (κ2) is 13.4. The molecule has 7 heteroatoms. The van der Waals surface area contributed by atoms with Crippen LogP contribution in [-0.2, 0) is 11.3 Å². The van der Waals surface area contributed by atoms with E-state index in [4.69, 9.17) is 9.47 Å². The second-order valence-electron chi connectivity index (χ2n) is 6.64. The summed E-state index contributed by atoms with van der Waals surface area (Å²) in [6.07, 6.45) is 0.854. The average molecular weight is 515 g/mol. The molecule has 0 aliphatic carbocycles. The van der Waals surface area contributed by atoms with E-state index in [1.165, 1.54) is 0 Å². The maximum Gasteiger partial charge on any atom is 0.191 e. The van der Waals surface area contributed by atoms with Gasteiger partial charge in [-0.05, 0) is 48.7 Å². The molecule has 29 heavy (non-hydrogen) atoms. The molecule has 0 bridgehead atoms. The molecule has 0 fully saturated rings. The van der Waals surface area contributed by atoms with E-state index in [0.717, 1.165) is 23.3 Å². The summed E-state index contributed by atoms with van der Waals surface area (Å²) in [5, 5.41) is 6.58. The number of methoxy groups -OCH3 is 1. The van der Waals surface area contributed by atoms with Gasteiger partial charge in [-0.2, -0.15) is 0 Å². The number of halogens is 2. The van der Waals surface area contributed by atoms with Gasteiger partial charge in [-0.1, -0.05) is 24.3 Å². The molecule has 0 aromatic heterocycles. The molecule has 0 saturated heterocycles. The van der Waals surface area contributed by atoms with Crippen LogP contribution in [0.4, 0.5) is 4.39 Å². The first-order chi connectivity index (χ1) is 13.5. The highest BCUT2D eigenvalue weighted by Crippen LogP contribution is 2.16. The number of nitrogens with zero attached hydrogens (tertiary/aromatic N) is 1. The summed E-state index contributed by atoms with van der Waals surface area (Å²) in [6, 6.07) is 13.1. The van der Waals surface area contributed by atoms with Crippen LogP contribution in [0.1, 0.15) is 36.1 Å². The number of hydrogen-bond donors (Lipinski definition) is 2. The summed E-state index contributed by atoms with van der Waals surface area (Å²) in [5.41, 5.74) is 2.60. The highest BCUT2D eigenvalue weighted by Gasteiger charge is 2.10. The minimum Gasteiger partial charge on any atom is -0.493 e. The zero-order valence-electron chi connectivity index (χ0n) is 17.5. The third kappa shape index (κ3) is 8.57. The molecule has 2 N–H and O–H groups in total. The molecular weight excluding hydrogens is 484 g/mol. The Bertz CT molecular complexity index is 786. The van der Waals surface area contributed by atoms with Crippen molar-refractivity contribution in [3.8, 4) is 5.75 Å². The number of aliphatic imine (C=N–C) groups is 1. The number of guanidine groups is 1. The molecule has 0 spiro atoms. The van der Waals surface area contributed by atoms with Gasteiger partial charge in [0.15, 0.2) is 5.96 Å². The van der Waals surface area contributed by atoms with Gasteiger partial charge < -0.3 is 20.1 Å². The van der Waals surface area contributed by atoms with E-state index in [9.17, 15) is 4.39 Å². The van der Waals surface area contributed by atoms with Crippen molar-refractivity contribution in [3.63, 3.8) is 0 Å². The standard InChI is InChI=1S/C22H30FN3O2.HI/c1-16-9-10-19(14-21(16)23)17(2)26-22(24-3)25-15-18-7-5-8-20(13-18)28-12-6-11-27-4;/h5,7-10,13-14,17H,6,11-12,15H2,1-4H3,(H2,24,25,26);1H. The zero-order chi connectivity index (χ0) is 20.4. The first-order valence-electron chi connectivity index (χ1n) is 9.47. The predicted molar refractivity (Wildman–Crippen MR) is 127 cm³/mol. The number of benzene rings is 2. The van der Waals surface area contributed by atoms with E-state index in [-0.39, 0.29) is 35.8 Å². The van der Waals surface area contributed by atoms with Crippen molar-refractivity contribution >= 4 is 29.9 Å². The van der Waals surface area contributed by atoms with E-state index >= 15 is 0 Å². The first-order valence-corrected chi connectivity index (χ1v) is 9.47. The lowest BCUT2D eigenvalue weighted by Crippen LogP contribution is -2.38. The van der Waals surface area contributed by atoms with Gasteiger partial charge in [0.1, 0.15) is 11.6 Å². The molecule has 2 rings (SSSR count). The fourth-order valence-corrected chi connectivity index (χ4v) is 2.69. The molecule has 0 aliphatic rings. The molecule has 1 unspecified atom stereocenters. The SMILES string of the molecule is CN=C(NCc1cccc(OCCCOC)c1)NC(C)c1ccc(C)c(F)c1.I. The van der Waals surface area contributed by atoms with Crippen LogP contribution >= 0.6 is 24.0 Å². The quantitative estimate of drug-likeness (QED) is 0.222. The van der Waals surface area contributed by atoms with Crippen LogP contribution < -0.4 is 15.4 Å². The van der Waals surface area contributed by atoms with Crippen molar-refractivity contribution in [1.29, 1.82) is 0 Å². The molecule has 0 radical (unpaired) electrons. The third-order valence-electron chi connectivity index (χ3n) is 4.39. The van der Waals surface area contributed by atoms with Gasteiger partial charge in [0, 0.05) is 33.7 Å². The summed E-state index contributed by atoms with van der Waals surface area (Å²) >= 11 is 0. The minimum atomic E-state index is -0.198. The maximum absolute atomic E-state index is 13.8. The van der Waals surface area contributed by atoms with Crippen LogP contribution in [0.25, 0.3) is 0 Å². The Kier molecular flexibility index (Phi) is 11.6. The van der Waals surface area contributed by atoms with Gasteiger partial charge in [-0.15, -0.1) is 24.0 Å². The Morgan fingerprint density at radius 1 is 1.17 bits per heavy atom. The maximum atomic E-state index is 13.8. The second-order valence-corrected chi connectivity index (χ2v) is 6.64. The Labute approximate surface area is 190 Å².